The van der Waals surface area contributed by atoms with Crippen LogP contribution in [-0.4, -0.2) is 17.3 Å². The smallest absolute Gasteiger partial charge is 0.0687 e. The van der Waals surface area contributed by atoms with Crippen molar-refractivity contribution in [2.45, 2.75) is 6.92 Å². The van der Waals surface area contributed by atoms with Crippen molar-refractivity contribution in [2.24, 2.45) is 0 Å². The van der Waals surface area contributed by atoms with Crippen LogP contribution in [0.3, 0.4) is 0 Å². The first-order valence-electron chi connectivity index (χ1n) is 6.63. The van der Waals surface area contributed by atoms with Gasteiger partial charge >= 0.3 is 0 Å². The molecule has 0 fully saturated rings. The summed E-state index contributed by atoms with van der Waals surface area (Å²) >= 11 is 1.94. The normalized spacial score (nSPS) is 14.3. The lowest BCUT2D eigenvalue weighted by Crippen LogP contribution is -2.17. The van der Waals surface area contributed by atoms with Crippen LogP contribution < -0.4 is 0 Å². The summed E-state index contributed by atoms with van der Waals surface area (Å²) in [7, 11) is 0. The minimum absolute atomic E-state index is 0. The molecule has 1 heterocycles. The lowest BCUT2D eigenvalue weighted by atomic mass is 10.1. The van der Waals surface area contributed by atoms with E-state index in [1.165, 1.54) is 21.7 Å². The Hall–Kier alpha value is -1.38. The van der Waals surface area contributed by atoms with Gasteiger partial charge in [0.15, 0.2) is 0 Å². The van der Waals surface area contributed by atoms with Crippen molar-refractivity contribution in [1.29, 1.82) is 0 Å². The molecule has 0 aromatic heterocycles. The van der Waals surface area contributed by atoms with Crippen molar-refractivity contribution in [3.8, 4) is 0 Å². The zero-order valence-electron chi connectivity index (χ0n) is 11.5. The van der Waals surface area contributed by atoms with E-state index in [2.05, 4.69) is 72.5 Å². The summed E-state index contributed by atoms with van der Waals surface area (Å²) in [5, 5.41) is 0. The number of thioether (sulfide) groups is 1. The number of hydrogen-bond donors (Lipinski definition) is 0. The van der Waals surface area contributed by atoms with Crippen molar-refractivity contribution in [3.05, 3.63) is 71.8 Å². The van der Waals surface area contributed by atoms with E-state index < -0.39 is 0 Å². The van der Waals surface area contributed by atoms with Gasteiger partial charge in [-0.15, -0.1) is 24.2 Å². The largest absolute Gasteiger partial charge is 0.361 e. The van der Waals surface area contributed by atoms with Gasteiger partial charge in [0.2, 0.25) is 0 Å². The number of halogens is 1. The molecule has 20 heavy (non-hydrogen) atoms. The molecule has 1 aliphatic heterocycles. The van der Waals surface area contributed by atoms with E-state index in [0.717, 1.165) is 12.4 Å². The fourth-order valence-electron chi connectivity index (χ4n) is 2.39. The minimum Gasteiger partial charge on any atom is -0.361 e. The van der Waals surface area contributed by atoms with Crippen LogP contribution in [0, 0.1) is 0 Å². The summed E-state index contributed by atoms with van der Waals surface area (Å²) in [6, 6.07) is 21.4. The van der Waals surface area contributed by atoms with Gasteiger partial charge in [-0.1, -0.05) is 60.7 Å². The van der Waals surface area contributed by atoms with Gasteiger partial charge < -0.3 is 4.90 Å². The Balaban J connectivity index is 0.00000147. The van der Waals surface area contributed by atoms with Crippen LogP contribution >= 0.6 is 24.2 Å². The van der Waals surface area contributed by atoms with E-state index in [1.807, 2.05) is 11.8 Å². The molecule has 0 aliphatic carbocycles. The lowest BCUT2D eigenvalue weighted by molar-refractivity contribution is 0.498. The van der Waals surface area contributed by atoms with Crippen molar-refractivity contribution < 1.29 is 0 Å². The first kappa shape index (κ1) is 15.0. The van der Waals surface area contributed by atoms with Gasteiger partial charge in [-0.05, 0) is 18.1 Å². The average Bonchev–Trinajstić information content (AvgIpc) is 2.93. The Labute approximate surface area is 131 Å². The SMILES string of the molecule is CCN1CSC(c2ccccc2)=C1c1ccccc1.Cl. The second-order valence-electron chi connectivity index (χ2n) is 4.54. The van der Waals surface area contributed by atoms with E-state index in [4.69, 9.17) is 0 Å². The van der Waals surface area contributed by atoms with Crippen molar-refractivity contribution in [2.75, 3.05) is 12.4 Å². The van der Waals surface area contributed by atoms with Gasteiger partial charge in [0.25, 0.3) is 0 Å². The molecule has 2 aromatic carbocycles. The van der Waals surface area contributed by atoms with Gasteiger partial charge in [-0.3, -0.25) is 0 Å². The third kappa shape index (κ3) is 2.87. The van der Waals surface area contributed by atoms with E-state index >= 15 is 0 Å². The van der Waals surface area contributed by atoms with Crippen molar-refractivity contribution in [1.82, 2.24) is 4.90 Å². The predicted octanol–water partition coefficient (Wildman–Crippen LogP) is 4.96. The molecular formula is C17H18ClNS. The van der Waals surface area contributed by atoms with E-state index in [9.17, 15) is 0 Å². The fourth-order valence-corrected chi connectivity index (χ4v) is 3.67. The maximum Gasteiger partial charge on any atom is 0.0687 e. The van der Waals surface area contributed by atoms with Crippen LogP contribution in [0.4, 0.5) is 0 Å². The number of hydrogen-bond acceptors (Lipinski definition) is 2. The molecule has 3 heteroatoms. The van der Waals surface area contributed by atoms with Crippen LogP contribution in [0.25, 0.3) is 10.6 Å². The van der Waals surface area contributed by atoms with Gasteiger partial charge in [0.1, 0.15) is 0 Å². The highest BCUT2D eigenvalue weighted by atomic mass is 35.5. The zero-order chi connectivity index (χ0) is 13.1. The van der Waals surface area contributed by atoms with Gasteiger partial charge in [0, 0.05) is 11.4 Å². The lowest BCUT2D eigenvalue weighted by Gasteiger charge is -2.20. The average molecular weight is 304 g/mol. The highest BCUT2D eigenvalue weighted by Crippen LogP contribution is 2.43. The monoisotopic (exact) mass is 303 g/mol. The van der Waals surface area contributed by atoms with E-state index in [0.29, 0.717) is 0 Å². The van der Waals surface area contributed by atoms with E-state index in [1.54, 1.807) is 0 Å². The van der Waals surface area contributed by atoms with Crippen molar-refractivity contribution >= 4 is 34.8 Å². The third-order valence-corrected chi connectivity index (χ3v) is 4.52. The molecule has 0 saturated heterocycles. The molecular weight excluding hydrogens is 286 g/mol. The summed E-state index contributed by atoms with van der Waals surface area (Å²) < 4.78 is 0. The molecule has 3 rings (SSSR count). The van der Waals surface area contributed by atoms with Gasteiger partial charge in [-0.2, -0.15) is 0 Å². The first-order chi connectivity index (χ1) is 9.40. The molecule has 0 amide bonds. The zero-order valence-corrected chi connectivity index (χ0v) is 13.1. The summed E-state index contributed by atoms with van der Waals surface area (Å²) in [6.45, 7) is 3.27. The molecule has 0 saturated carbocycles. The second kappa shape index (κ2) is 6.87. The van der Waals surface area contributed by atoms with E-state index in [-0.39, 0.29) is 12.4 Å². The van der Waals surface area contributed by atoms with Crippen LogP contribution in [0.2, 0.25) is 0 Å². The number of benzene rings is 2. The third-order valence-electron chi connectivity index (χ3n) is 3.36. The maximum absolute atomic E-state index is 2.45. The molecule has 0 N–H and O–H groups in total. The van der Waals surface area contributed by atoms with Crippen molar-refractivity contribution in [3.63, 3.8) is 0 Å². The maximum atomic E-state index is 2.45. The van der Waals surface area contributed by atoms with Crippen LogP contribution in [0.1, 0.15) is 18.1 Å². The molecule has 1 aliphatic rings. The fraction of sp³-hybridized carbons (Fsp3) is 0.176. The molecule has 0 atom stereocenters. The van der Waals surface area contributed by atoms with Gasteiger partial charge in [0.05, 0.1) is 11.6 Å². The molecule has 1 nitrogen and oxygen atoms in total. The Bertz CT molecular complexity index is 580. The standard InChI is InChI=1S/C17H17NS.ClH/c1-2-18-13-19-17(15-11-7-4-8-12-15)16(18)14-9-5-3-6-10-14;/h3-12H,2,13H2,1H3;1H. The number of nitrogens with zero attached hydrogens (tertiary/aromatic N) is 1. The second-order valence-corrected chi connectivity index (χ2v) is 5.49. The summed E-state index contributed by atoms with van der Waals surface area (Å²) in [4.78, 5) is 3.84. The first-order valence-corrected chi connectivity index (χ1v) is 7.61. The molecule has 104 valence electrons. The molecule has 0 radical (unpaired) electrons. The van der Waals surface area contributed by atoms with Crippen LogP contribution in [-0.2, 0) is 0 Å². The Morgan fingerprint density at radius 3 is 2.00 bits per heavy atom. The summed E-state index contributed by atoms with van der Waals surface area (Å²) in [5.74, 6) is 1.05. The highest BCUT2D eigenvalue weighted by Gasteiger charge is 2.23. The highest BCUT2D eigenvalue weighted by molar-refractivity contribution is 8.08. The minimum atomic E-state index is 0. The molecule has 2 aromatic rings. The Morgan fingerprint density at radius 2 is 1.45 bits per heavy atom. The summed E-state index contributed by atoms with van der Waals surface area (Å²) in [5.41, 5.74) is 4.01. The summed E-state index contributed by atoms with van der Waals surface area (Å²) in [6.07, 6.45) is 0. The Kier molecular flexibility index (Phi) is 5.16. The van der Waals surface area contributed by atoms with Crippen LogP contribution in [0.15, 0.2) is 60.7 Å². The quantitative estimate of drug-likeness (QED) is 0.788. The molecule has 0 bridgehead atoms. The number of rotatable bonds is 3. The van der Waals surface area contributed by atoms with Crippen LogP contribution in [0.5, 0.6) is 0 Å². The Morgan fingerprint density at radius 1 is 0.900 bits per heavy atom. The molecule has 0 spiro atoms. The van der Waals surface area contributed by atoms with Gasteiger partial charge in [-0.25, -0.2) is 0 Å². The topological polar surface area (TPSA) is 3.24 Å². The molecule has 0 unspecified atom stereocenters. The predicted molar refractivity (Wildman–Crippen MR) is 91.8 cm³/mol.